The van der Waals surface area contributed by atoms with Gasteiger partial charge in [-0.05, 0) is 74.3 Å². The number of benzene rings is 1. The minimum Gasteiger partial charge on any atom is -0.488 e. The monoisotopic (exact) mass is 436 g/mol. The zero-order chi connectivity index (χ0) is 22.1. The molecule has 0 saturated heterocycles. The quantitative estimate of drug-likeness (QED) is 0.665. The molecule has 4 fully saturated rings. The Bertz CT molecular complexity index is 1070. The van der Waals surface area contributed by atoms with Gasteiger partial charge >= 0.3 is 0 Å². The van der Waals surface area contributed by atoms with Crippen LogP contribution in [0.1, 0.15) is 74.0 Å². The molecular weight excluding hydrogens is 404 g/mol. The maximum absolute atomic E-state index is 12.8. The van der Waals surface area contributed by atoms with Crippen molar-refractivity contribution >= 4 is 5.91 Å². The molecule has 0 spiro atoms. The summed E-state index contributed by atoms with van der Waals surface area (Å²) in [6, 6.07) is 5.93. The number of nitrogens with one attached hydrogen (secondary N) is 1. The highest BCUT2D eigenvalue weighted by atomic mass is 16.5. The summed E-state index contributed by atoms with van der Waals surface area (Å²) in [5.41, 5.74) is 3.82. The van der Waals surface area contributed by atoms with E-state index in [1.165, 1.54) is 25.7 Å². The van der Waals surface area contributed by atoms with Crippen molar-refractivity contribution in [1.29, 1.82) is 0 Å². The lowest BCUT2D eigenvalue weighted by Gasteiger charge is -2.65. The smallest absolute Gasteiger partial charge is 0.273 e. The van der Waals surface area contributed by atoms with Crippen molar-refractivity contribution in [3.63, 3.8) is 0 Å². The molecule has 6 nitrogen and oxygen atoms in total. The number of hydrogen-bond donors (Lipinski definition) is 1. The molecule has 2 aromatic rings. The van der Waals surface area contributed by atoms with Crippen molar-refractivity contribution in [3.05, 3.63) is 35.0 Å². The van der Waals surface area contributed by atoms with E-state index in [9.17, 15) is 4.79 Å². The van der Waals surface area contributed by atoms with Gasteiger partial charge in [0.15, 0.2) is 11.5 Å². The molecule has 6 heteroatoms. The highest BCUT2D eigenvalue weighted by Gasteiger charge is 2.60. The van der Waals surface area contributed by atoms with E-state index in [2.05, 4.69) is 24.3 Å². The maximum Gasteiger partial charge on any atom is 0.273 e. The van der Waals surface area contributed by atoms with Gasteiger partial charge < -0.3 is 19.3 Å². The molecule has 1 aromatic carbocycles. The fraction of sp³-hybridized carbons (Fsp3) is 0.615. The minimum atomic E-state index is -0.234. The van der Waals surface area contributed by atoms with Crippen LogP contribution in [0.3, 0.4) is 0 Å². The van der Waals surface area contributed by atoms with Crippen LogP contribution in [-0.2, 0) is 11.3 Å². The first-order valence-electron chi connectivity index (χ1n) is 11.9. The number of aromatic nitrogens is 1. The first-order chi connectivity index (χ1) is 15.3. The third kappa shape index (κ3) is 3.26. The van der Waals surface area contributed by atoms with Crippen molar-refractivity contribution in [2.75, 3.05) is 13.2 Å². The van der Waals surface area contributed by atoms with Gasteiger partial charge in [-0.3, -0.25) is 4.79 Å². The van der Waals surface area contributed by atoms with E-state index >= 15 is 0 Å². The van der Waals surface area contributed by atoms with Gasteiger partial charge in [0.2, 0.25) is 0 Å². The van der Waals surface area contributed by atoms with Crippen LogP contribution in [0, 0.1) is 23.7 Å². The molecule has 4 atom stereocenters. The highest BCUT2D eigenvalue weighted by molar-refractivity contribution is 5.95. The molecule has 32 heavy (non-hydrogen) atoms. The molecule has 5 aliphatic rings. The van der Waals surface area contributed by atoms with Crippen molar-refractivity contribution < 1.29 is 18.8 Å². The molecule has 4 aliphatic carbocycles. The van der Waals surface area contributed by atoms with Crippen LogP contribution < -0.4 is 10.1 Å². The summed E-state index contributed by atoms with van der Waals surface area (Å²) < 4.78 is 17.9. The molecule has 1 aliphatic heterocycles. The van der Waals surface area contributed by atoms with Gasteiger partial charge in [-0.2, -0.15) is 0 Å². The molecule has 0 radical (unpaired) electrons. The van der Waals surface area contributed by atoms with E-state index in [0.717, 1.165) is 35.6 Å². The van der Waals surface area contributed by atoms with Gasteiger partial charge in [0.25, 0.3) is 5.91 Å². The molecule has 1 amide bonds. The highest BCUT2D eigenvalue weighted by Crippen LogP contribution is 2.67. The van der Waals surface area contributed by atoms with Crippen LogP contribution >= 0.6 is 0 Å². The minimum absolute atomic E-state index is 0.00386. The predicted octanol–water partition coefficient (Wildman–Crippen LogP) is 5.04. The van der Waals surface area contributed by atoms with Crippen LogP contribution in [-0.4, -0.2) is 29.8 Å². The summed E-state index contributed by atoms with van der Waals surface area (Å²) in [5.74, 6) is 1.95. The number of aryl methyl sites for hydroxylation is 1. The normalized spacial score (nSPS) is 34.0. The summed E-state index contributed by atoms with van der Waals surface area (Å²) >= 11 is 0. The van der Waals surface area contributed by atoms with Crippen molar-refractivity contribution in [2.45, 2.75) is 71.5 Å². The SMILES string of the molecule is Cc1ccc2c(c1)-c1onc(C(=O)NCCOC34CC5C[C@@](C)(C3)C[C@](C)(C5)C4)c1CO2. The van der Waals surface area contributed by atoms with E-state index in [1.54, 1.807) is 0 Å². The molecular formula is C26H32N2O4. The van der Waals surface area contributed by atoms with E-state index in [1.807, 2.05) is 25.1 Å². The average Bonchev–Trinajstić information content (AvgIpc) is 3.13. The van der Waals surface area contributed by atoms with Crippen LogP contribution in [0.4, 0.5) is 0 Å². The number of rotatable bonds is 5. The number of hydrogen-bond acceptors (Lipinski definition) is 5. The van der Waals surface area contributed by atoms with Gasteiger partial charge in [-0.1, -0.05) is 30.6 Å². The largest absolute Gasteiger partial charge is 0.488 e. The fourth-order valence-corrected chi connectivity index (χ4v) is 7.95. The Morgan fingerprint density at radius 1 is 1.19 bits per heavy atom. The number of carbonyl (C=O) groups is 1. The predicted molar refractivity (Wildman–Crippen MR) is 119 cm³/mol. The number of ether oxygens (including phenoxy) is 2. The fourth-order valence-electron chi connectivity index (χ4n) is 7.95. The number of fused-ring (bicyclic) bond motifs is 3. The topological polar surface area (TPSA) is 73.6 Å². The lowest BCUT2D eigenvalue weighted by molar-refractivity contribution is -0.213. The summed E-state index contributed by atoms with van der Waals surface area (Å²) in [6.07, 6.45) is 7.54. The Morgan fingerprint density at radius 2 is 1.97 bits per heavy atom. The van der Waals surface area contributed by atoms with Crippen molar-refractivity contribution in [3.8, 4) is 17.1 Å². The molecule has 4 saturated carbocycles. The first kappa shape index (κ1) is 20.3. The molecule has 2 unspecified atom stereocenters. The Balaban J connectivity index is 1.10. The third-order valence-corrected chi connectivity index (χ3v) is 8.13. The summed E-state index contributed by atoms with van der Waals surface area (Å²) in [5, 5.41) is 7.05. The van der Waals surface area contributed by atoms with Crippen LogP contribution in [0.15, 0.2) is 22.7 Å². The summed E-state index contributed by atoms with van der Waals surface area (Å²) in [4.78, 5) is 12.8. The second-order valence-electron chi connectivity index (χ2n) is 11.5. The third-order valence-electron chi connectivity index (χ3n) is 8.13. The Hall–Kier alpha value is -2.34. The zero-order valence-electron chi connectivity index (χ0n) is 19.3. The Labute approximate surface area is 189 Å². The van der Waals surface area contributed by atoms with E-state index in [4.69, 9.17) is 14.0 Å². The van der Waals surface area contributed by atoms with Crippen molar-refractivity contribution in [1.82, 2.24) is 10.5 Å². The standard InChI is InChI=1S/C26H32N2O4/c1-16-4-5-20-18(8-16)22-19(12-30-20)21(28-32-22)23(29)27-6-7-31-26-11-17-9-24(2,14-26)13-25(3,10-17)15-26/h4-5,8,17H,6-7,9-15H2,1-3H3,(H,27,29)/t17?,24-,25+,26?. The molecule has 170 valence electrons. The van der Waals surface area contributed by atoms with Gasteiger partial charge in [0.05, 0.1) is 23.3 Å². The number of carbonyl (C=O) groups excluding carboxylic acids is 1. The number of nitrogens with zero attached hydrogens (tertiary/aromatic N) is 1. The summed E-state index contributed by atoms with van der Waals surface area (Å²) in [6.45, 7) is 8.20. The summed E-state index contributed by atoms with van der Waals surface area (Å²) in [7, 11) is 0. The average molecular weight is 437 g/mol. The molecule has 7 rings (SSSR count). The lowest BCUT2D eigenvalue weighted by Crippen LogP contribution is -2.59. The van der Waals surface area contributed by atoms with Gasteiger partial charge in [-0.15, -0.1) is 0 Å². The van der Waals surface area contributed by atoms with E-state index in [-0.39, 0.29) is 18.1 Å². The second-order valence-corrected chi connectivity index (χ2v) is 11.5. The first-order valence-corrected chi connectivity index (χ1v) is 11.9. The Morgan fingerprint density at radius 3 is 2.72 bits per heavy atom. The van der Waals surface area contributed by atoms with Crippen molar-refractivity contribution in [2.24, 2.45) is 16.7 Å². The number of amides is 1. The maximum atomic E-state index is 12.8. The van der Waals surface area contributed by atoms with E-state index < -0.39 is 0 Å². The molecule has 2 heterocycles. The van der Waals surface area contributed by atoms with E-state index in [0.29, 0.717) is 41.0 Å². The van der Waals surface area contributed by atoms with Crippen LogP contribution in [0.5, 0.6) is 5.75 Å². The molecule has 4 bridgehead atoms. The lowest BCUT2D eigenvalue weighted by atomic mass is 9.43. The molecule has 1 aromatic heterocycles. The van der Waals surface area contributed by atoms with Gasteiger partial charge in [0, 0.05) is 6.54 Å². The molecule has 1 N–H and O–H groups in total. The van der Waals surface area contributed by atoms with Gasteiger partial charge in [-0.25, -0.2) is 0 Å². The van der Waals surface area contributed by atoms with Gasteiger partial charge in [0.1, 0.15) is 12.4 Å². The van der Waals surface area contributed by atoms with Crippen LogP contribution in [0.2, 0.25) is 0 Å². The zero-order valence-corrected chi connectivity index (χ0v) is 19.3. The second kappa shape index (κ2) is 6.83. The Kier molecular flexibility index (Phi) is 4.33. The van der Waals surface area contributed by atoms with Crippen LogP contribution in [0.25, 0.3) is 11.3 Å².